The summed E-state index contributed by atoms with van der Waals surface area (Å²) in [5.41, 5.74) is 0. The minimum absolute atomic E-state index is 0.906. The third kappa shape index (κ3) is 15.9. The smallest absolute Gasteiger partial charge is 0.0466 e. The molecule has 0 aromatic rings. The molecule has 0 aliphatic heterocycles. The van der Waals surface area contributed by atoms with Gasteiger partial charge in [0.2, 0.25) is 0 Å². The molecule has 0 unspecified atom stereocenters. The molecule has 0 bridgehead atoms. The van der Waals surface area contributed by atoms with E-state index in [2.05, 4.69) is 13.8 Å². The van der Waals surface area contributed by atoms with Crippen LogP contribution in [0.15, 0.2) is 0 Å². The van der Waals surface area contributed by atoms with Crippen molar-refractivity contribution in [1.29, 1.82) is 0 Å². The SMILES string of the molecule is [CH2]CCCCOCCCCCOCCCCCC. The summed E-state index contributed by atoms with van der Waals surface area (Å²) in [4.78, 5) is 0. The molecule has 0 spiro atoms. The van der Waals surface area contributed by atoms with Gasteiger partial charge in [0.25, 0.3) is 0 Å². The van der Waals surface area contributed by atoms with Crippen molar-refractivity contribution in [2.24, 2.45) is 0 Å². The molecule has 0 aromatic carbocycles. The highest BCUT2D eigenvalue weighted by molar-refractivity contribution is 4.44. The molecular weight excluding hydrogens is 224 g/mol. The van der Waals surface area contributed by atoms with Crippen LogP contribution >= 0.6 is 0 Å². The molecule has 0 atom stereocenters. The van der Waals surface area contributed by atoms with Gasteiger partial charge in [-0.15, -0.1) is 0 Å². The monoisotopic (exact) mass is 257 g/mol. The topological polar surface area (TPSA) is 18.5 Å². The van der Waals surface area contributed by atoms with Crippen molar-refractivity contribution >= 4 is 0 Å². The average molecular weight is 257 g/mol. The number of hydrogen-bond donors (Lipinski definition) is 0. The molecule has 0 fully saturated rings. The molecule has 0 amide bonds. The Bertz CT molecular complexity index is 121. The summed E-state index contributed by atoms with van der Waals surface area (Å²) in [7, 11) is 0. The Hall–Kier alpha value is -0.0800. The molecule has 0 heterocycles. The van der Waals surface area contributed by atoms with Gasteiger partial charge in [-0.3, -0.25) is 0 Å². The first kappa shape index (κ1) is 17.9. The Morgan fingerprint density at radius 1 is 0.611 bits per heavy atom. The van der Waals surface area contributed by atoms with Crippen LogP contribution in [0, 0.1) is 6.92 Å². The minimum atomic E-state index is 0.906. The summed E-state index contributed by atoms with van der Waals surface area (Å²) >= 11 is 0. The third-order valence-corrected chi connectivity index (χ3v) is 3.01. The average Bonchev–Trinajstić information content (AvgIpc) is 2.39. The van der Waals surface area contributed by atoms with Crippen LogP contribution in [-0.2, 0) is 9.47 Å². The summed E-state index contributed by atoms with van der Waals surface area (Å²) in [6.45, 7) is 9.74. The minimum Gasteiger partial charge on any atom is -0.381 e. The van der Waals surface area contributed by atoms with Gasteiger partial charge in [-0.05, 0) is 32.1 Å². The van der Waals surface area contributed by atoms with E-state index >= 15 is 0 Å². The van der Waals surface area contributed by atoms with Gasteiger partial charge < -0.3 is 9.47 Å². The van der Waals surface area contributed by atoms with Crippen molar-refractivity contribution < 1.29 is 9.47 Å². The van der Waals surface area contributed by atoms with Gasteiger partial charge >= 0.3 is 0 Å². The van der Waals surface area contributed by atoms with E-state index < -0.39 is 0 Å². The first-order valence-electron chi connectivity index (χ1n) is 7.86. The maximum absolute atomic E-state index is 5.59. The van der Waals surface area contributed by atoms with Crippen LogP contribution in [0.4, 0.5) is 0 Å². The van der Waals surface area contributed by atoms with Gasteiger partial charge in [0.05, 0.1) is 0 Å². The summed E-state index contributed by atoms with van der Waals surface area (Å²) < 4.78 is 11.1. The fourth-order valence-corrected chi connectivity index (χ4v) is 1.80. The Kier molecular flexibility index (Phi) is 16.8. The van der Waals surface area contributed by atoms with Crippen molar-refractivity contribution in [2.75, 3.05) is 26.4 Å². The van der Waals surface area contributed by atoms with Crippen molar-refractivity contribution in [2.45, 2.75) is 71.1 Å². The Balaban J connectivity index is 2.86. The zero-order valence-electron chi connectivity index (χ0n) is 12.4. The first-order chi connectivity index (χ1) is 8.91. The second-order valence-electron chi connectivity index (χ2n) is 4.91. The van der Waals surface area contributed by atoms with Crippen molar-refractivity contribution in [1.82, 2.24) is 0 Å². The van der Waals surface area contributed by atoms with Crippen LogP contribution in [0.25, 0.3) is 0 Å². The molecule has 0 saturated heterocycles. The predicted molar refractivity (Wildman–Crippen MR) is 78.8 cm³/mol. The Morgan fingerprint density at radius 2 is 1.06 bits per heavy atom. The molecule has 18 heavy (non-hydrogen) atoms. The highest BCUT2D eigenvalue weighted by Gasteiger charge is 1.93. The number of ether oxygens (including phenoxy) is 2. The summed E-state index contributed by atoms with van der Waals surface area (Å²) in [6.07, 6.45) is 12.1. The highest BCUT2D eigenvalue weighted by Crippen LogP contribution is 2.01. The highest BCUT2D eigenvalue weighted by atomic mass is 16.5. The lowest BCUT2D eigenvalue weighted by Crippen LogP contribution is -2.00. The van der Waals surface area contributed by atoms with Crippen molar-refractivity contribution in [3.05, 3.63) is 6.92 Å². The van der Waals surface area contributed by atoms with Gasteiger partial charge in [0.1, 0.15) is 0 Å². The van der Waals surface area contributed by atoms with E-state index in [1.807, 2.05) is 0 Å². The van der Waals surface area contributed by atoms with E-state index in [0.29, 0.717) is 0 Å². The van der Waals surface area contributed by atoms with E-state index in [-0.39, 0.29) is 0 Å². The van der Waals surface area contributed by atoms with E-state index in [1.165, 1.54) is 51.4 Å². The molecule has 0 saturated carbocycles. The maximum atomic E-state index is 5.59. The lowest BCUT2D eigenvalue weighted by Gasteiger charge is -2.05. The van der Waals surface area contributed by atoms with Crippen LogP contribution in [0.1, 0.15) is 71.1 Å². The molecular formula is C16H33O2. The number of rotatable bonds is 15. The van der Waals surface area contributed by atoms with Crippen LogP contribution < -0.4 is 0 Å². The zero-order chi connectivity index (χ0) is 13.3. The van der Waals surface area contributed by atoms with Crippen LogP contribution in [0.2, 0.25) is 0 Å². The molecule has 0 aromatic heterocycles. The fraction of sp³-hybridized carbons (Fsp3) is 0.938. The predicted octanol–water partition coefficient (Wildman–Crippen LogP) is 4.77. The van der Waals surface area contributed by atoms with E-state index in [0.717, 1.165) is 39.3 Å². The molecule has 2 nitrogen and oxygen atoms in total. The quantitative estimate of drug-likeness (QED) is 0.393. The van der Waals surface area contributed by atoms with E-state index in [1.54, 1.807) is 0 Å². The van der Waals surface area contributed by atoms with Gasteiger partial charge in [-0.25, -0.2) is 0 Å². The van der Waals surface area contributed by atoms with Gasteiger partial charge in [-0.1, -0.05) is 46.0 Å². The van der Waals surface area contributed by atoms with Crippen molar-refractivity contribution in [3.8, 4) is 0 Å². The molecule has 1 radical (unpaired) electrons. The lowest BCUT2D eigenvalue weighted by atomic mass is 10.2. The first-order valence-corrected chi connectivity index (χ1v) is 7.86. The molecule has 0 N–H and O–H groups in total. The van der Waals surface area contributed by atoms with Crippen molar-refractivity contribution in [3.63, 3.8) is 0 Å². The van der Waals surface area contributed by atoms with Gasteiger partial charge in [-0.2, -0.15) is 0 Å². The number of hydrogen-bond acceptors (Lipinski definition) is 2. The largest absolute Gasteiger partial charge is 0.381 e. The zero-order valence-corrected chi connectivity index (χ0v) is 12.4. The van der Waals surface area contributed by atoms with Gasteiger partial charge in [0, 0.05) is 26.4 Å². The lowest BCUT2D eigenvalue weighted by molar-refractivity contribution is 0.111. The van der Waals surface area contributed by atoms with E-state index in [9.17, 15) is 0 Å². The second kappa shape index (κ2) is 16.9. The second-order valence-corrected chi connectivity index (χ2v) is 4.91. The van der Waals surface area contributed by atoms with Crippen LogP contribution in [0.5, 0.6) is 0 Å². The molecule has 2 heteroatoms. The third-order valence-electron chi connectivity index (χ3n) is 3.01. The van der Waals surface area contributed by atoms with Gasteiger partial charge in [0.15, 0.2) is 0 Å². The number of unbranched alkanes of at least 4 members (excludes halogenated alkanes) is 7. The fourth-order valence-electron chi connectivity index (χ4n) is 1.80. The molecule has 109 valence electrons. The molecule has 0 rings (SSSR count). The summed E-state index contributed by atoms with van der Waals surface area (Å²) in [6, 6.07) is 0. The van der Waals surface area contributed by atoms with Crippen LogP contribution in [-0.4, -0.2) is 26.4 Å². The Morgan fingerprint density at radius 3 is 1.50 bits per heavy atom. The maximum Gasteiger partial charge on any atom is 0.0466 e. The summed E-state index contributed by atoms with van der Waals surface area (Å²) in [5, 5.41) is 0. The van der Waals surface area contributed by atoms with E-state index in [4.69, 9.17) is 9.47 Å². The molecule has 0 aliphatic rings. The summed E-state index contributed by atoms with van der Waals surface area (Å²) in [5.74, 6) is 0. The standard InChI is InChI=1S/C16H33O2/c1-3-5-7-10-14-18-16-12-8-11-15-17-13-9-6-4-2/h2-16H2,1H3. The Labute approximate surface area is 114 Å². The molecule has 0 aliphatic carbocycles. The normalized spacial score (nSPS) is 11.0. The van der Waals surface area contributed by atoms with Crippen LogP contribution in [0.3, 0.4) is 0 Å².